The Morgan fingerprint density at radius 3 is 2.61 bits per heavy atom. The quantitative estimate of drug-likeness (QED) is 0.805. The van der Waals surface area contributed by atoms with Crippen LogP contribution in [0.3, 0.4) is 0 Å². The number of aromatic nitrogens is 2. The van der Waals surface area contributed by atoms with Crippen LogP contribution in [0.2, 0.25) is 5.15 Å². The number of hydrogen-bond acceptors (Lipinski definition) is 2. The van der Waals surface area contributed by atoms with Gasteiger partial charge in [0, 0.05) is 0 Å². The summed E-state index contributed by atoms with van der Waals surface area (Å²) in [5.74, 6) is -2.15. The molecule has 0 amide bonds. The average molecular weight is 273 g/mol. The Labute approximate surface area is 104 Å². The third kappa shape index (κ3) is 1.95. The van der Waals surface area contributed by atoms with Crippen molar-refractivity contribution in [3.63, 3.8) is 0 Å². The van der Waals surface area contributed by atoms with Crippen molar-refractivity contribution < 1.29 is 8.78 Å². The summed E-state index contributed by atoms with van der Waals surface area (Å²) in [4.78, 5) is 25.1. The maximum Gasteiger partial charge on any atom is 0.334 e. The van der Waals surface area contributed by atoms with Gasteiger partial charge in [0.2, 0.25) is 5.82 Å². The van der Waals surface area contributed by atoms with Crippen molar-refractivity contribution in [1.29, 1.82) is 0 Å². The Hall–Kier alpha value is -1.95. The van der Waals surface area contributed by atoms with Crippen molar-refractivity contribution in [2.24, 2.45) is 0 Å². The second kappa shape index (κ2) is 4.38. The Morgan fingerprint density at radius 1 is 1.28 bits per heavy atom. The van der Waals surface area contributed by atoms with Crippen molar-refractivity contribution in [3.8, 4) is 5.69 Å². The Kier molecular flexibility index (Phi) is 3.04. The number of nitrogens with zero attached hydrogens (tertiary/aromatic N) is 1. The highest BCUT2D eigenvalue weighted by Crippen LogP contribution is 2.13. The summed E-state index contributed by atoms with van der Waals surface area (Å²) in [5, 5.41) is -0.700. The number of benzene rings is 1. The van der Waals surface area contributed by atoms with E-state index in [4.69, 9.17) is 11.6 Å². The fourth-order valence-electron chi connectivity index (χ4n) is 1.50. The SMILES string of the molecule is Cc1ccc(F)c(-n2c(=O)[nH]c(Cl)c(F)c2=O)c1. The van der Waals surface area contributed by atoms with Gasteiger partial charge in [-0.3, -0.25) is 9.78 Å². The lowest BCUT2D eigenvalue weighted by molar-refractivity contribution is 0.571. The van der Waals surface area contributed by atoms with Crippen LogP contribution in [0.1, 0.15) is 5.56 Å². The predicted molar refractivity (Wildman–Crippen MR) is 62.3 cm³/mol. The average Bonchev–Trinajstić information content (AvgIpc) is 2.31. The molecule has 7 heteroatoms. The fourth-order valence-corrected chi connectivity index (χ4v) is 1.66. The van der Waals surface area contributed by atoms with Gasteiger partial charge in [0.25, 0.3) is 5.56 Å². The van der Waals surface area contributed by atoms with Gasteiger partial charge in [-0.2, -0.15) is 4.39 Å². The molecule has 0 saturated heterocycles. The zero-order valence-electron chi connectivity index (χ0n) is 9.13. The first-order chi connectivity index (χ1) is 8.41. The van der Waals surface area contributed by atoms with E-state index in [0.29, 0.717) is 10.1 Å². The molecule has 0 fully saturated rings. The van der Waals surface area contributed by atoms with Gasteiger partial charge in [0.1, 0.15) is 5.82 Å². The molecular weight excluding hydrogens is 266 g/mol. The number of aryl methyl sites for hydroxylation is 1. The molecule has 94 valence electrons. The lowest BCUT2D eigenvalue weighted by Gasteiger charge is -2.07. The first-order valence-corrected chi connectivity index (χ1v) is 5.26. The van der Waals surface area contributed by atoms with E-state index in [1.54, 1.807) is 6.92 Å². The van der Waals surface area contributed by atoms with E-state index >= 15 is 0 Å². The number of nitrogens with one attached hydrogen (secondary N) is 1. The number of rotatable bonds is 1. The van der Waals surface area contributed by atoms with Crippen LogP contribution >= 0.6 is 11.6 Å². The monoisotopic (exact) mass is 272 g/mol. The molecule has 0 radical (unpaired) electrons. The summed E-state index contributed by atoms with van der Waals surface area (Å²) < 4.78 is 27.3. The van der Waals surface area contributed by atoms with E-state index in [2.05, 4.69) is 0 Å². The van der Waals surface area contributed by atoms with Crippen molar-refractivity contribution in [1.82, 2.24) is 9.55 Å². The summed E-state index contributed by atoms with van der Waals surface area (Å²) in [6, 6.07) is 3.81. The molecule has 0 saturated carbocycles. The highest BCUT2D eigenvalue weighted by Gasteiger charge is 2.16. The minimum absolute atomic E-state index is 0.322. The molecule has 1 heterocycles. The molecule has 2 aromatic rings. The molecular formula is C11H7ClF2N2O2. The van der Waals surface area contributed by atoms with Gasteiger partial charge in [0.15, 0.2) is 5.15 Å². The standard InChI is InChI=1S/C11H7ClF2N2O2/c1-5-2-3-6(13)7(4-5)16-10(17)8(14)9(12)15-11(16)18/h2-4H,1H3,(H,15,18). The maximum absolute atomic E-state index is 13.6. The fraction of sp³-hybridized carbons (Fsp3) is 0.0909. The van der Waals surface area contributed by atoms with E-state index < -0.39 is 28.0 Å². The van der Waals surface area contributed by atoms with Crippen molar-refractivity contribution in [2.75, 3.05) is 0 Å². The van der Waals surface area contributed by atoms with E-state index in [1.165, 1.54) is 12.1 Å². The van der Waals surface area contributed by atoms with E-state index in [1.807, 2.05) is 4.98 Å². The van der Waals surface area contributed by atoms with Crippen LogP contribution in [0.15, 0.2) is 27.8 Å². The molecule has 0 aliphatic heterocycles. The van der Waals surface area contributed by atoms with Gasteiger partial charge in [-0.15, -0.1) is 0 Å². The molecule has 0 spiro atoms. The summed E-state index contributed by atoms with van der Waals surface area (Å²) >= 11 is 5.31. The topological polar surface area (TPSA) is 54.9 Å². The lowest BCUT2D eigenvalue weighted by Crippen LogP contribution is -2.36. The van der Waals surface area contributed by atoms with E-state index in [9.17, 15) is 18.4 Å². The van der Waals surface area contributed by atoms with Crippen LogP contribution < -0.4 is 11.2 Å². The second-order valence-corrected chi connectivity index (χ2v) is 4.03. The van der Waals surface area contributed by atoms with E-state index in [-0.39, 0.29) is 5.69 Å². The zero-order valence-corrected chi connectivity index (χ0v) is 9.89. The summed E-state index contributed by atoms with van der Waals surface area (Å²) in [6.45, 7) is 1.65. The Balaban J connectivity index is 2.88. The molecule has 2 rings (SSSR count). The molecule has 1 aromatic carbocycles. The number of halogens is 3. The highest BCUT2D eigenvalue weighted by atomic mass is 35.5. The van der Waals surface area contributed by atoms with Crippen LogP contribution in [0.25, 0.3) is 5.69 Å². The number of H-pyrrole nitrogens is 1. The van der Waals surface area contributed by atoms with Crippen LogP contribution in [-0.4, -0.2) is 9.55 Å². The highest BCUT2D eigenvalue weighted by molar-refractivity contribution is 6.29. The normalized spacial score (nSPS) is 10.7. The summed E-state index contributed by atoms with van der Waals surface area (Å²) in [5.41, 5.74) is -2.01. The third-order valence-electron chi connectivity index (χ3n) is 2.35. The van der Waals surface area contributed by atoms with Gasteiger partial charge in [-0.1, -0.05) is 17.7 Å². The molecule has 0 atom stereocenters. The number of hydrogen-bond donors (Lipinski definition) is 1. The van der Waals surface area contributed by atoms with Crippen LogP contribution in [-0.2, 0) is 0 Å². The van der Waals surface area contributed by atoms with Crippen molar-refractivity contribution in [2.45, 2.75) is 6.92 Å². The smallest absolute Gasteiger partial charge is 0.295 e. The molecule has 0 bridgehead atoms. The molecule has 1 N–H and O–H groups in total. The zero-order chi connectivity index (χ0) is 13.4. The van der Waals surface area contributed by atoms with Gasteiger partial charge >= 0.3 is 5.69 Å². The number of aromatic amines is 1. The van der Waals surface area contributed by atoms with Crippen LogP contribution in [0, 0.1) is 18.6 Å². The largest absolute Gasteiger partial charge is 0.334 e. The Bertz CT molecular complexity index is 737. The minimum Gasteiger partial charge on any atom is -0.295 e. The van der Waals surface area contributed by atoms with Gasteiger partial charge in [-0.25, -0.2) is 13.8 Å². The summed E-state index contributed by atoms with van der Waals surface area (Å²) in [7, 11) is 0. The lowest BCUT2D eigenvalue weighted by atomic mass is 10.2. The van der Waals surface area contributed by atoms with Crippen molar-refractivity contribution >= 4 is 11.6 Å². The molecule has 1 aromatic heterocycles. The van der Waals surface area contributed by atoms with Crippen LogP contribution in [0.5, 0.6) is 0 Å². The first kappa shape index (κ1) is 12.5. The molecule has 0 aliphatic carbocycles. The third-order valence-corrected chi connectivity index (χ3v) is 2.61. The van der Waals surface area contributed by atoms with E-state index in [0.717, 1.165) is 6.07 Å². The predicted octanol–water partition coefficient (Wildman–Crippen LogP) is 1.77. The molecule has 0 aliphatic rings. The maximum atomic E-state index is 13.6. The van der Waals surface area contributed by atoms with Gasteiger partial charge < -0.3 is 0 Å². The molecule has 4 nitrogen and oxygen atoms in total. The van der Waals surface area contributed by atoms with Gasteiger partial charge in [0.05, 0.1) is 5.69 Å². The van der Waals surface area contributed by atoms with Crippen molar-refractivity contribution in [3.05, 3.63) is 61.4 Å². The molecule has 18 heavy (non-hydrogen) atoms. The minimum atomic E-state index is -1.34. The van der Waals surface area contributed by atoms with Gasteiger partial charge in [-0.05, 0) is 24.6 Å². The second-order valence-electron chi connectivity index (χ2n) is 3.65. The first-order valence-electron chi connectivity index (χ1n) is 4.88. The molecule has 0 unspecified atom stereocenters. The summed E-state index contributed by atoms with van der Waals surface area (Å²) in [6.07, 6.45) is 0. The Morgan fingerprint density at radius 2 is 1.94 bits per heavy atom. The van der Waals surface area contributed by atoms with Crippen LogP contribution in [0.4, 0.5) is 8.78 Å².